The Morgan fingerprint density at radius 3 is 1.58 bits per heavy atom. The van der Waals surface area contributed by atoms with Crippen LogP contribution in [0.15, 0.2) is 97.1 Å². The molecule has 4 amide bonds. The molecule has 53 heavy (non-hydrogen) atoms. The summed E-state index contributed by atoms with van der Waals surface area (Å²) in [6.07, 6.45) is 6.96. The Balaban J connectivity index is 1.30. The number of esters is 1. The number of amides is 4. The average Bonchev–Trinajstić information content (AvgIpc) is 3.17. The third-order valence-corrected chi connectivity index (χ3v) is 9.85. The summed E-state index contributed by atoms with van der Waals surface area (Å²) in [7, 11) is 0. The molecule has 8 rings (SSSR count). The van der Waals surface area contributed by atoms with E-state index >= 15 is 0 Å². The standard InChI is InChI=1S/C42H45BrN4O6/c43-37(31-10-6-5-7-11-31)22-23-40(50)53-36-25-32-24-33(26-36)42(52)45-28-30-16-20-35(21-17-30)47-39(49)13-9-4-2-1-3-8-12-38(48)46-34-18-14-29(15-19-34)27-44-41(32)51/h5-7,10-11,14-21,24-26,37H,1-4,8-9,12-13,22-23,27-28H2,(H,44,51)(H,45,52)(H,46,48)(H,47,49). The monoisotopic (exact) mass is 780 g/mol. The lowest BCUT2D eigenvalue weighted by Gasteiger charge is -2.13. The van der Waals surface area contributed by atoms with Crippen molar-refractivity contribution in [3.63, 3.8) is 0 Å². The number of alkyl halides is 1. The van der Waals surface area contributed by atoms with Gasteiger partial charge in [0.25, 0.3) is 11.8 Å². The number of halogens is 1. The number of nitrogens with one attached hydrogen (secondary N) is 4. The van der Waals surface area contributed by atoms with Crippen LogP contribution in [-0.4, -0.2) is 29.6 Å². The van der Waals surface area contributed by atoms with Gasteiger partial charge in [-0.05, 0) is 78.4 Å². The van der Waals surface area contributed by atoms with Crippen LogP contribution >= 0.6 is 15.9 Å². The fourth-order valence-electron chi connectivity index (χ4n) is 5.88. The summed E-state index contributed by atoms with van der Waals surface area (Å²) < 4.78 is 5.66. The van der Waals surface area contributed by atoms with Gasteiger partial charge in [0, 0.05) is 59.7 Å². The van der Waals surface area contributed by atoms with Crippen LogP contribution in [0, 0.1) is 0 Å². The first-order valence-electron chi connectivity index (χ1n) is 18.1. The second kappa shape index (κ2) is 20.1. The average molecular weight is 782 g/mol. The molecule has 0 saturated carbocycles. The molecule has 4 N–H and O–H groups in total. The van der Waals surface area contributed by atoms with Crippen molar-refractivity contribution in [2.24, 2.45) is 0 Å². The second-order valence-electron chi connectivity index (χ2n) is 13.1. The van der Waals surface area contributed by atoms with Crippen LogP contribution in [0.25, 0.3) is 0 Å². The van der Waals surface area contributed by atoms with Gasteiger partial charge in [-0.1, -0.05) is 96.2 Å². The van der Waals surface area contributed by atoms with E-state index in [1.807, 2.05) is 54.6 Å². The van der Waals surface area contributed by atoms with Crippen LogP contribution in [0.4, 0.5) is 11.4 Å². The summed E-state index contributed by atoms with van der Waals surface area (Å²) in [5.41, 5.74) is 4.30. The quantitative estimate of drug-likeness (QED) is 0.0911. The zero-order valence-corrected chi connectivity index (χ0v) is 31.2. The lowest BCUT2D eigenvalue weighted by Crippen LogP contribution is -2.26. The van der Waals surface area contributed by atoms with E-state index in [0.717, 1.165) is 55.2 Å². The number of benzene rings is 4. The van der Waals surface area contributed by atoms with Crippen molar-refractivity contribution in [3.8, 4) is 5.75 Å². The summed E-state index contributed by atoms with van der Waals surface area (Å²) in [4.78, 5) is 64.6. The van der Waals surface area contributed by atoms with Crippen molar-refractivity contribution in [2.75, 3.05) is 10.6 Å². The van der Waals surface area contributed by atoms with Crippen LogP contribution < -0.4 is 26.0 Å². The number of carbonyl (C=O) groups is 5. The van der Waals surface area contributed by atoms with Crippen LogP contribution in [0.5, 0.6) is 5.75 Å². The summed E-state index contributed by atoms with van der Waals surface area (Å²) in [5.74, 6) is -1.44. The fraction of sp³-hybridized carbons (Fsp3) is 0.310. The van der Waals surface area contributed by atoms with E-state index < -0.39 is 17.8 Å². The van der Waals surface area contributed by atoms with E-state index in [-0.39, 0.29) is 53.0 Å². The number of hydrogen-bond acceptors (Lipinski definition) is 6. The van der Waals surface area contributed by atoms with Gasteiger partial charge in [0.1, 0.15) is 5.75 Å². The Morgan fingerprint density at radius 1 is 0.623 bits per heavy atom. The topological polar surface area (TPSA) is 143 Å². The molecule has 4 aliphatic rings. The summed E-state index contributed by atoms with van der Waals surface area (Å²) in [6.45, 7) is 0.391. The molecule has 4 aromatic rings. The minimum Gasteiger partial charge on any atom is -0.426 e. The Kier molecular flexibility index (Phi) is 14.8. The van der Waals surface area contributed by atoms with Gasteiger partial charge in [-0.25, -0.2) is 0 Å². The van der Waals surface area contributed by atoms with Crippen molar-refractivity contribution in [3.05, 3.63) is 125 Å². The maximum absolute atomic E-state index is 13.4. The van der Waals surface area contributed by atoms with Crippen LogP contribution in [-0.2, 0) is 27.5 Å². The van der Waals surface area contributed by atoms with Gasteiger partial charge < -0.3 is 26.0 Å². The van der Waals surface area contributed by atoms with Crippen molar-refractivity contribution in [1.82, 2.24) is 10.6 Å². The Morgan fingerprint density at radius 2 is 1.09 bits per heavy atom. The zero-order valence-electron chi connectivity index (χ0n) is 29.6. The van der Waals surface area contributed by atoms with Crippen molar-refractivity contribution < 1.29 is 28.7 Å². The van der Waals surface area contributed by atoms with Gasteiger partial charge in [0.15, 0.2) is 0 Å². The maximum atomic E-state index is 13.4. The first kappa shape index (κ1) is 38.9. The van der Waals surface area contributed by atoms with Gasteiger partial charge in [-0.2, -0.15) is 0 Å². The van der Waals surface area contributed by atoms with E-state index in [1.54, 1.807) is 24.3 Å². The minimum absolute atomic E-state index is 0.0464. The van der Waals surface area contributed by atoms with E-state index in [2.05, 4.69) is 37.2 Å². The lowest BCUT2D eigenvalue weighted by atomic mass is 10.1. The normalized spacial score (nSPS) is 15.8. The molecule has 4 aromatic carbocycles. The Hall–Kier alpha value is -5.29. The number of hydrogen-bond donors (Lipinski definition) is 4. The molecule has 0 spiro atoms. The highest BCUT2D eigenvalue weighted by Gasteiger charge is 2.17. The predicted octanol–water partition coefficient (Wildman–Crippen LogP) is 8.38. The molecule has 11 heteroatoms. The Bertz CT molecular complexity index is 1760. The highest BCUT2D eigenvalue weighted by atomic mass is 79.9. The summed E-state index contributed by atoms with van der Waals surface area (Å²) in [5, 5.41) is 11.6. The predicted molar refractivity (Wildman–Crippen MR) is 209 cm³/mol. The molecule has 4 aliphatic heterocycles. The largest absolute Gasteiger partial charge is 0.426 e. The van der Waals surface area contributed by atoms with Crippen LogP contribution in [0.1, 0.15) is 106 Å². The van der Waals surface area contributed by atoms with E-state index in [1.165, 1.54) is 18.2 Å². The molecule has 6 bridgehead atoms. The number of rotatable bonds is 5. The molecule has 10 nitrogen and oxygen atoms in total. The number of carbonyl (C=O) groups excluding carboxylic acids is 5. The lowest BCUT2D eigenvalue weighted by molar-refractivity contribution is -0.134. The maximum Gasteiger partial charge on any atom is 0.311 e. The van der Waals surface area contributed by atoms with Crippen LogP contribution in [0.3, 0.4) is 0 Å². The Labute approximate surface area is 318 Å². The SMILES string of the molecule is O=C1CCCCCCCCC(=O)Nc2ccc(cc2)CNC(=O)c2cc(OC(=O)CCC(Br)c3ccccc3)cc(c2)C(=O)NCc2ccc(cc2)N1. The minimum atomic E-state index is -0.499. The third-order valence-electron chi connectivity index (χ3n) is 8.86. The smallest absolute Gasteiger partial charge is 0.311 e. The molecule has 0 fully saturated rings. The first-order valence-corrected chi connectivity index (χ1v) is 19.0. The second-order valence-corrected chi connectivity index (χ2v) is 14.2. The van der Waals surface area contributed by atoms with Gasteiger partial charge >= 0.3 is 5.97 Å². The first-order chi connectivity index (χ1) is 25.7. The molecular weight excluding hydrogens is 736 g/mol. The molecule has 0 radical (unpaired) electrons. The molecule has 4 heterocycles. The van der Waals surface area contributed by atoms with Gasteiger partial charge in [0.2, 0.25) is 11.8 Å². The van der Waals surface area contributed by atoms with Crippen molar-refractivity contribution in [1.29, 1.82) is 0 Å². The fourth-order valence-corrected chi connectivity index (χ4v) is 6.42. The highest BCUT2D eigenvalue weighted by Crippen LogP contribution is 2.28. The van der Waals surface area contributed by atoms with Crippen LogP contribution in [0.2, 0.25) is 0 Å². The molecule has 276 valence electrons. The van der Waals surface area contributed by atoms with E-state index in [9.17, 15) is 24.0 Å². The number of anilines is 2. The zero-order chi connectivity index (χ0) is 37.4. The third kappa shape index (κ3) is 13.0. The molecular formula is C42H45BrN4O6. The van der Waals surface area contributed by atoms with Gasteiger partial charge in [-0.15, -0.1) is 0 Å². The van der Waals surface area contributed by atoms with Crippen molar-refractivity contribution >= 4 is 56.9 Å². The summed E-state index contributed by atoms with van der Waals surface area (Å²) in [6, 6.07) is 28.5. The van der Waals surface area contributed by atoms with Crippen molar-refractivity contribution in [2.45, 2.75) is 82.1 Å². The molecule has 1 atom stereocenters. The van der Waals surface area contributed by atoms with E-state index in [4.69, 9.17) is 4.74 Å². The molecule has 0 saturated heterocycles. The molecule has 0 aromatic heterocycles. The molecule has 1 unspecified atom stereocenters. The van der Waals surface area contributed by atoms with Gasteiger partial charge in [0.05, 0.1) is 0 Å². The van der Waals surface area contributed by atoms with E-state index in [0.29, 0.717) is 30.6 Å². The highest BCUT2D eigenvalue weighted by molar-refractivity contribution is 9.09. The summed E-state index contributed by atoms with van der Waals surface area (Å²) >= 11 is 3.63. The van der Waals surface area contributed by atoms with Gasteiger partial charge in [-0.3, -0.25) is 24.0 Å². The number of ether oxygens (including phenoxy) is 1. The molecule has 0 aliphatic carbocycles.